The zero-order chi connectivity index (χ0) is 14.9. The average Bonchev–Trinajstić information content (AvgIpc) is 2.37. The predicted octanol–water partition coefficient (Wildman–Crippen LogP) is 4.70. The molecule has 0 radical (unpaired) electrons. The minimum Gasteiger partial charge on any atom is -0.496 e. The van der Waals surface area contributed by atoms with Gasteiger partial charge in [-0.3, -0.25) is 0 Å². The summed E-state index contributed by atoms with van der Waals surface area (Å²) in [6, 6.07) is 9.05. The van der Waals surface area contributed by atoms with E-state index in [-0.39, 0.29) is 0 Å². The van der Waals surface area contributed by atoms with Gasteiger partial charge in [-0.1, -0.05) is 35.3 Å². The molecule has 0 saturated heterocycles. The Morgan fingerprint density at radius 3 is 2.20 bits per heavy atom. The van der Waals surface area contributed by atoms with E-state index < -0.39 is 6.10 Å². The molecule has 1 atom stereocenters. The number of halogens is 2. The van der Waals surface area contributed by atoms with Crippen molar-refractivity contribution in [1.82, 2.24) is 0 Å². The summed E-state index contributed by atoms with van der Waals surface area (Å²) in [7, 11) is 1.58. The van der Waals surface area contributed by atoms with Crippen molar-refractivity contribution in [2.45, 2.75) is 20.0 Å². The van der Waals surface area contributed by atoms with Gasteiger partial charge in [0.2, 0.25) is 0 Å². The zero-order valence-corrected chi connectivity index (χ0v) is 13.1. The van der Waals surface area contributed by atoms with Gasteiger partial charge in [-0.15, -0.1) is 0 Å². The molecule has 0 aliphatic carbocycles. The van der Waals surface area contributed by atoms with Crippen LogP contribution in [0.5, 0.6) is 5.75 Å². The van der Waals surface area contributed by atoms with Crippen LogP contribution in [-0.2, 0) is 0 Å². The first-order chi connectivity index (χ1) is 9.45. The number of aryl methyl sites for hydroxylation is 2. The van der Waals surface area contributed by atoms with E-state index in [9.17, 15) is 5.11 Å². The Morgan fingerprint density at radius 2 is 1.65 bits per heavy atom. The molecule has 0 heterocycles. The highest BCUT2D eigenvalue weighted by Gasteiger charge is 2.22. The van der Waals surface area contributed by atoms with Crippen molar-refractivity contribution in [3.05, 3.63) is 62.6 Å². The van der Waals surface area contributed by atoms with Crippen LogP contribution in [0, 0.1) is 13.8 Å². The van der Waals surface area contributed by atoms with Gasteiger partial charge in [0.25, 0.3) is 0 Å². The average molecular weight is 311 g/mol. The Bertz CT molecular complexity index is 618. The van der Waals surface area contributed by atoms with Crippen molar-refractivity contribution in [3.63, 3.8) is 0 Å². The molecule has 1 unspecified atom stereocenters. The maximum atomic E-state index is 10.7. The van der Waals surface area contributed by atoms with E-state index in [4.69, 9.17) is 27.9 Å². The van der Waals surface area contributed by atoms with Crippen molar-refractivity contribution in [2.24, 2.45) is 0 Å². The standard InChI is InChI=1S/C16H16Cl2O2/c1-9-7-10(2)14(13(8-9)20-3)16(19)15-11(17)5-4-6-12(15)18/h4-8,16,19H,1-3H3. The smallest absolute Gasteiger partial charge is 0.125 e. The second-order valence-electron chi connectivity index (χ2n) is 4.74. The van der Waals surface area contributed by atoms with Crippen molar-refractivity contribution in [3.8, 4) is 5.75 Å². The van der Waals surface area contributed by atoms with Crippen molar-refractivity contribution in [1.29, 1.82) is 0 Å². The van der Waals surface area contributed by atoms with Crippen LogP contribution in [0.15, 0.2) is 30.3 Å². The van der Waals surface area contributed by atoms with Gasteiger partial charge in [0.1, 0.15) is 11.9 Å². The van der Waals surface area contributed by atoms with Crippen LogP contribution >= 0.6 is 23.2 Å². The van der Waals surface area contributed by atoms with E-state index in [0.29, 0.717) is 26.9 Å². The van der Waals surface area contributed by atoms with E-state index in [1.165, 1.54) is 0 Å². The molecule has 20 heavy (non-hydrogen) atoms. The molecule has 0 amide bonds. The van der Waals surface area contributed by atoms with Crippen LogP contribution in [0.25, 0.3) is 0 Å². The summed E-state index contributed by atoms with van der Waals surface area (Å²) in [5.74, 6) is 0.631. The molecule has 2 aromatic rings. The second kappa shape index (κ2) is 6.04. The van der Waals surface area contributed by atoms with E-state index in [1.54, 1.807) is 25.3 Å². The molecule has 0 aromatic heterocycles. The maximum absolute atomic E-state index is 10.7. The molecule has 0 saturated carbocycles. The lowest BCUT2D eigenvalue weighted by atomic mass is 9.95. The summed E-state index contributed by atoms with van der Waals surface area (Å²) in [5, 5.41) is 11.6. The molecule has 0 fully saturated rings. The molecule has 0 aliphatic rings. The van der Waals surface area contributed by atoms with Crippen molar-refractivity contribution in [2.75, 3.05) is 7.11 Å². The van der Waals surface area contributed by atoms with Gasteiger partial charge in [0.15, 0.2) is 0 Å². The number of methoxy groups -OCH3 is 1. The molecule has 0 aliphatic heterocycles. The summed E-state index contributed by atoms with van der Waals surface area (Å²) < 4.78 is 5.38. The summed E-state index contributed by atoms with van der Waals surface area (Å²) in [6.45, 7) is 3.91. The topological polar surface area (TPSA) is 29.5 Å². The molecule has 2 rings (SSSR count). The largest absolute Gasteiger partial charge is 0.496 e. The number of hydrogen-bond donors (Lipinski definition) is 1. The Hall–Kier alpha value is -1.22. The molecular weight excluding hydrogens is 295 g/mol. The number of aliphatic hydroxyl groups excluding tert-OH is 1. The van der Waals surface area contributed by atoms with Gasteiger partial charge < -0.3 is 9.84 Å². The SMILES string of the molecule is COc1cc(C)cc(C)c1C(O)c1c(Cl)cccc1Cl. The van der Waals surface area contributed by atoms with E-state index in [0.717, 1.165) is 11.1 Å². The van der Waals surface area contributed by atoms with Crippen LogP contribution in [0.4, 0.5) is 0 Å². The summed E-state index contributed by atoms with van der Waals surface area (Å²) in [6.07, 6.45) is -0.924. The molecule has 0 spiro atoms. The van der Waals surface area contributed by atoms with Crippen LogP contribution in [0.3, 0.4) is 0 Å². The monoisotopic (exact) mass is 310 g/mol. The third kappa shape index (κ3) is 2.78. The fourth-order valence-corrected chi connectivity index (χ4v) is 2.98. The highest BCUT2D eigenvalue weighted by Crippen LogP contribution is 2.39. The Kier molecular flexibility index (Phi) is 4.59. The van der Waals surface area contributed by atoms with Crippen LogP contribution in [0.2, 0.25) is 10.0 Å². The third-order valence-corrected chi connectivity index (χ3v) is 3.92. The van der Waals surface area contributed by atoms with Gasteiger partial charge in [-0.05, 0) is 43.2 Å². The first kappa shape index (κ1) is 15.2. The Morgan fingerprint density at radius 1 is 1.05 bits per heavy atom. The lowest BCUT2D eigenvalue weighted by Gasteiger charge is -2.20. The third-order valence-electron chi connectivity index (χ3n) is 3.26. The lowest BCUT2D eigenvalue weighted by molar-refractivity contribution is 0.214. The molecule has 0 bridgehead atoms. The quantitative estimate of drug-likeness (QED) is 0.890. The minimum atomic E-state index is -0.924. The summed E-state index contributed by atoms with van der Waals surface area (Å²) in [5.41, 5.74) is 3.19. The lowest BCUT2D eigenvalue weighted by Crippen LogP contribution is -2.06. The van der Waals surface area contributed by atoms with Gasteiger partial charge in [0.05, 0.1) is 7.11 Å². The highest BCUT2D eigenvalue weighted by molar-refractivity contribution is 6.36. The van der Waals surface area contributed by atoms with E-state index in [2.05, 4.69) is 0 Å². The zero-order valence-electron chi connectivity index (χ0n) is 11.6. The van der Waals surface area contributed by atoms with Crippen LogP contribution < -0.4 is 4.74 Å². The first-order valence-corrected chi connectivity index (χ1v) is 6.98. The second-order valence-corrected chi connectivity index (χ2v) is 5.55. The Balaban J connectivity index is 2.62. The molecular formula is C16H16Cl2O2. The summed E-state index contributed by atoms with van der Waals surface area (Å²) in [4.78, 5) is 0. The molecule has 1 N–H and O–H groups in total. The minimum absolute atomic E-state index is 0.437. The van der Waals surface area contributed by atoms with Gasteiger partial charge >= 0.3 is 0 Å². The molecule has 2 aromatic carbocycles. The number of rotatable bonds is 3. The molecule has 106 valence electrons. The Labute approximate surface area is 128 Å². The van der Waals surface area contributed by atoms with Gasteiger partial charge in [-0.2, -0.15) is 0 Å². The molecule has 4 heteroatoms. The highest BCUT2D eigenvalue weighted by atomic mass is 35.5. The number of hydrogen-bond acceptors (Lipinski definition) is 2. The molecule has 2 nitrogen and oxygen atoms in total. The number of aliphatic hydroxyl groups is 1. The van der Waals surface area contributed by atoms with Crippen molar-refractivity contribution >= 4 is 23.2 Å². The van der Waals surface area contributed by atoms with Crippen LogP contribution in [-0.4, -0.2) is 12.2 Å². The normalized spacial score (nSPS) is 12.3. The maximum Gasteiger partial charge on any atom is 0.125 e. The van der Waals surface area contributed by atoms with Gasteiger partial charge in [-0.25, -0.2) is 0 Å². The van der Waals surface area contributed by atoms with E-state index >= 15 is 0 Å². The predicted molar refractivity (Wildman–Crippen MR) is 83.0 cm³/mol. The number of benzene rings is 2. The fraction of sp³-hybridized carbons (Fsp3) is 0.250. The van der Waals surface area contributed by atoms with Gasteiger partial charge in [0, 0.05) is 21.2 Å². The summed E-state index contributed by atoms with van der Waals surface area (Å²) >= 11 is 12.3. The number of ether oxygens (including phenoxy) is 1. The van der Waals surface area contributed by atoms with E-state index in [1.807, 2.05) is 26.0 Å². The fourth-order valence-electron chi connectivity index (χ4n) is 2.38. The first-order valence-electron chi connectivity index (χ1n) is 6.22. The van der Waals surface area contributed by atoms with Crippen molar-refractivity contribution < 1.29 is 9.84 Å². The van der Waals surface area contributed by atoms with Crippen LogP contribution in [0.1, 0.15) is 28.4 Å².